The quantitative estimate of drug-likeness (QED) is 0.724. The number of carbonyl (C=O) groups is 1. The van der Waals surface area contributed by atoms with Crippen molar-refractivity contribution < 1.29 is 4.79 Å². The van der Waals surface area contributed by atoms with Gasteiger partial charge in [0.1, 0.15) is 5.65 Å². The molecule has 156 valence electrons. The second-order valence-electron chi connectivity index (χ2n) is 8.84. The number of hydrogen-bond donors (Lipinski definition) is 1. The van der Waals surface area contributed by atoms with E-state index < -0.39 is 0 Å². The molecular weight excluding hydrogens is 374 g/mol. The Bertz CT molecular complexity index is 1120. The van der Waals surface area contributed by atoms with Crippen molar-refractivity contribution in [1.82, 2.24) is 14.3 Å². The highest BCUT2D eigenvalue weighted by molar-refractivity contribution is 5.94. The van der Waals surface area contributed by atoms with Gasteiger partial charge in [-0.3, -0.25) is 9.69 Å². The molecule has 2 aliphatic rings. The summed E-state index contributed by atoms with van der Waals surface area (Å²) in [6, 6.07) is 10.3. The number of anilines is 2. The molecule has 1 aromatic carbocycles. The Morgan fingerprint density at radius 1 is 1.23 bits per heavy atom. The Labute approximate surface area is 177 Å². The zero-order chi connectivity index (χ0) is 20.8. The van der Waals surface area contributed by atoms with Crippen molar-refractivity contribution in [3.8, 4) is 11.3 Å². The molecule has 0 spiro atoms. The van der Waals surface area contributed by atoms with Gasteiger partial charge in [0.25, 0.3) is 0 Å². The molecule has 1 amide bonds. The summed E-state index contributed by atoms with van der Waals surface area (Å²) in [6.07, 6.45) is 5.43. The van der Waals surface area contributed by atoms with Crippen molar-refractivity contribution in [1.29, 1.82) is 0 Å². The number of aromatic nitrogens is 2. The summed E-state index contributed by atoms with van der Waals surface area (Å²) in [5.74, 6) is 0.827. The topological polar surface area (TPSA) is 66.9 Å². The molecule has 2 aromatic heterocycles. The first kappa shape index (κ1) is 19.1. The summed E-state index contributed by atoms with van der Waals surface area (Å²) in [7, 11) is 0. The van der Waals surface area contributed by atoms with Crippen LogP contribution in [0.2, 0.25) is 0 Å². The van der Waals surface area contributed by atoms with E-state index in [4.69, 9.17) is 10.7 Å². The molecule has 0 aliphatic carbocycles. The minimum absolute atomic E-state index is 0.101. The number of nitrogens with two attached hydrogens (primary N) is 1. The Kier molecular flexibility index (Phi) is 4.74. The molecule has 1 fully saturated rings. The fourth-order valence-electron chi connectivity index (χ4n) is 5.01. The van der Waals surface area contributed by atoms with Gasteiger partial charge in [-0.1, -0.05) is 13.0 Å². The van der Waals surface area contributed by atoms with E-state index in [1.54, 1.807) is 6.92 Å². The fourth-order valence-corrected chi connectivity index (χ4v) is 5.01. The molecule has 1 atom stereocenters. The number of imidazole rings is 1. The van der Waals surface area contributed by atoms with Gasteiger partial charge in [-0.15, -0.1) is 0 Å². The van der Waals surface area contributed by atoms with Gasteiger partial charge in [0.2, 0.25) is 5.91 Å². The standard InChI is InChI=1S/C24H29N5O/c1-16-4-3-10-27(13-16)15-22-24(26-23-8-6-20(25)14-29(22)23)19-5-7-21-18(12-19)9-11-28(21)17(2)30/h5-8,12,14,16H,3-4,9-11,13,15,25H2,1-2H3. The third-order valence-corrected chi connectivity index (χ3v) is 6.48. The molecule has 0 saturated carbocycles. The number of rotatable bonds is 3. The molecule has 30 heavy (non-hydrogen) atoms. The normalized spacial score (nSPS) is 19.4. The number of pyridine rings is 1. The summed E-state index contributed by atoms with van der Waals surface area (Å²) in [5.41, 5.74) is 13.3. The molecule has 0 radical (unpaired) electrons. The van der Waals surface area contributed by atoms with Gasteiger partial charge >= 0.3 is 0 Å². The lowest BCUT2D eigenvalue weighted by molar-refractivity contribution is -0.116. The molecular formula is C24H29N5O. The van der Waals surface area contributed by atoms with E-state index in [9.17, 15) is 4.79 Å². The molecule has 6 heteroatoms. The lowest BCUT2D eigenvalue weighted by Gasteiger charge is -2.30. The summed E-state index contributed by atoms with van der Waals surface area (Å²) in [6.45, 7) is 7.83. The van der Waals surface area contributed by atoms with Crippen LogP contribution in [0.4, 0.5) is 11.4 Å². The zero-order valence-corrected chi connectivity index (χ0v) is 17.8. The smallest absolute Gasteiger partial charge is 0.223 e. The predicted molar refractivity (Wildman–Crippen MR) is 120 cm³/mol. The Hall–Kier alpha value is -2.86. The van der Waals surface area contributed by atoms with Gasteiger partial charge < -0.3 is 15.0 Å². The van der Waals surface area contributed by atoms with Crippen LogP contribution in [-0.2, 0) is 17.8 Å². The zero-order valence-electron chi connectivity index (χ0n) is 17.8. The maximum atomic E-state index is 11.9. The number of amides is 1. The van der Waals surface area contributed by atoms with Crippen LogP contribution in [0.15, 0.2) is 36.5 Å². The van der Waals surface area contributed by atoms with Gasteiger partial charge in [-0.05, 0) is 61.6 Å². The van der Waals surface area contributed by atoms with Gasteiger partial charge in [-0.25, -0.2) is 4.98 Å². The van der Waals surface area contributed by atoms with Crippen LogP contribution in [0.5, 0.6) is 0 Å². The lowest BCUT2D eigenvalue weighted by Crippen LogP contribution is -2.34. The maximum absolute atomic E-state index is 11.9. The largest absolute Gasteiger partial charge is 0.398 e. The average molecular weight is 404 g/mol. The number of piperidine rings is 1. The molecule has 1 saturated heterocycles. The highest BCUT2D eigenvalue weighted by Crippen LogP contribution is 2.34. The van der Waals surface area contributed by atoms with Crippen LogP contribution in [0.3, 0.4) is 0 Å². The van der Waals surface area contributed by atoms with E-state index in [1.807, 2.05) is 23.2 Å². The molecule has 4 heterocycles. The van der Waals surface area contributed by atoms with Gasteiger partial charge in [0.15, 0.2) is 0 Å². The molecule has 5 rings (SSSR count). The van der Waals surface area contributed by atoms with Crippen molar-refractivity contribution in [2.24, 2.45) is 5.92 Å². The van der Waals surface area contributed by atoms with Crippen LogP contribution >= 0.6 is 0 Å². The first-order chi connectivity index (χ1) is 14.5. The van der Waals surface area contributed by atoms with Crippen LogP contribution in [-0.4, -0.2) is 39.8 Å². The second-order valence-corrected chi connectivity index (χ2v) is 8.84. The SMILES string of the molecule is CC(=O)N1CCc2cc(-c3nc4ccc(N)cn4c3CN3CCCC(C)C3)ccc21. The summed E-state index contributed by atoms with van der Waals surface area (Å²) < 4.78 is 2.15. The Morgan fingerprint density at radius 2 is 2.10 bits per heavy atom. The van der Waals surface area contributed by atoms with Crippen molar-refractivity contribution in [2.45, 2.75) is 39.7 Å². The first-order valence-electron chi connectivity index (χ1n) is 10.9. The van der Waals surface area contributed by atoms with Crippen molar-refractivity contribution in [3.63, 3.8) is 0 Å². The molecule has 1 unspecified atom stereocenters. The van der Waals surface area contributed by atoms with Crippen molar-refractivity contribution in [2.75, 3.05) is 30.3 Å². The van der Waals surface area contributed by atoms with Crippen molar-refractivity contribution >= 4 is 22.9 Å². The molecule has 2 N–H and O–H groups in total. The fraction of sp³-hybridized carbons (Fsp3) is 0.417. The molecule has 2 aliphatic heterocycles. The van der Waals surface area contributed by atoms with Crippen molar-refractivity contribution in [3.05, 3.63) is 47.8 Å². The molecule has 3 aromatic rings. The number of hydrogen-bond acceptors (Lipinski definition) is 4. The highest BCUT2D eigenvalue weighted by atomic mass is 16.2. The van der Waals surface area contributed by atoms with Gasteiger partial charge in [0.05, 0.1) is 11.4 Å². The average Bonchev–Trinajstić information content (AvgIpc) is 3.29. The maximum Gasteiger partial charge on any atom is 0.223 e. The van der Waals surface area contributed by atoms with Crippen LogP contribution in [0.25, 0.3) is 16.9 Å². The van der Waals surface area contributed by atoms with E-state index >= 15 is 0 Å². The molecule has 0 bridgehead atoms. The molecule has 6 nitrogen and oxygen atoms in total. The summed E-state index contributed by atoms with van der Waals surface area (Å²) in [4.78, 5) is 21.3. The number of likely N-dealkylation sites (tertiary alicyclic amines) is 1. The summed E-state index contributed by atoms with van der Waals surface area (Å²) >= 11 is 0. The van der Waals surface area contributed by atoms with Gasteiger partial charge in [-0.2, -0.15) is 0 Å². The predicted octanol–water partition coefficient (Wildman–Crippen LogP) is 3.72. The number of nitrogen functional groups attached to an aromatic ring is 1. The monoisotopic (exact) mass is 403 g/mol. The van der Waals surface area contributed by atoms with E-state index in [-0.39, 0.29) is 5.91 Å². The third-order valence-electron chi connectivity index (χ3n) is 6.48. The Morgan fingerprint density at radius 3 is 2.90 bits per heavy atom. The van der Waals surface area contributed by atoms with E-state index in [0.717, 1.165) is 66.8 Å². The minimum atomic E-state index is 0.101. The van der Waals surface area contributed by atoms with Gasteiger partial charge in [0, 0.05) is 49.7 Å². The van der Waals surface area contributed by atoms with E-state index in [1.165, 1.54) is 24.1 Å². The lowest BCUT2D eigenvalue weighted by atomic mass is 9.99. The number of nitrogens with zero attached hydrogens (tertiary/aromatic N) is 4. The third kappa shape index (κ3) is 3.35. The first-order valence-corrected chi connectivity index (χ1v) is 10.9. The van der Waals surface area contributed by atoms with Crippen LogP contribution < -0.4 is 10.6 Å². The minimum Gasteiger partial charge on any atom is -0.398 e. The Balaban J connectivity index is 1.58. The summed E-state index contributed by atoms with van der Waals surface area (Å²) in [5, 5.41) is 0. The highest BCUT2D eigenvalue weighted by Gasteiger charge is 2.25. The van der Waals surface area contributed by atoms with E-state index in [0.29, 0.717) is 0 Å². The number of benzene rings is 1. The van der Waals surface area contributed by atoms with Crippen LogP contribution in [0.1, 0.15) is 37.9 Å². The van der Waals surface area contributed by atoms with Crippen LogP contribution in [0, 0.1) is 5.92 Å². The number of carbonyl (C=O) groups excluding carboxylic acids is 1. The van der Waals surface area contributed by atoms with E-state index in [2.05, 4.69) is 34.4 Å². The second kappa shape index (κ2) is 7.43. The number of fused-ring (bicyclic) bond motifs is 2.